The number of amides is 1. The first-order valence-corrected chi connectivity index (χ1v) is 20.6. The molecule has 2 aromatic carbocycles. The number of ether oxygens (including phenoxy) is 4. The highest BCUT2D eigenvalue weighted by Crippen LogP contribution is 2.67. The number of carbonyl (C=O) groups is 3. The van der Waals surface area contributed by atoms with Gasteiger partial charge in [0.25, 0.3) is 14.2 Å². The predicted octanol–water partition coefficient (Wildman–Crippen LogP) is 7.19. The predicted molar refractivity (Wildman–Crippen MR) is 189 cm³/mol. The highest BCUT2D eigenvalue weighted by molar-refractivity contribution is 6.74. The Morgan fingerprint density at radius 3 is 2.40 bits per heavy atom. The van der Waals surface area contributed by atoms with Gasteiger partial charge in [0, 0.05) is 11.1 Å². The molecule has 2 bridgehead atoms. The summed E-state index contributed by atoms with van der Waals surface area (Å²) in [5.74, 6) is 0.227. The molecule has 3 aliphatic carbocycles. The van der Waals surface area contributed by atoms with Crippen molar-refractivity contribution >= 4 is 26.3 Å². The van der Waals surface area contributed by atoms with Crippen LogP contribution in [0.1, 0.15) is 96.9 Å². The minimum Gasteiger partial charge on any atom is -0.541 e. The van der Waals surface area contributed by atoms with Gasteiger partial charge in [-0.15, -0.1) is 0 Å². The van der Waals surface area contributed by atoms with Gasteiger partial charge < -0.3 is 33.8 Å². The Morgan fingerprint density at radius 2 is 1.74 bits per heavy atom. The quantitative estimate of drug-likeness (QED) is 0.217. The zero-order valence-electron chi connectivity index (χ0n) is 30.7. The van der Waals surface area contributed by atoms with Gasteiger partial charge in [-0.25, -0.2) is 9.59 Å². The van der Waals surface area contributed by atoms with Crippen LogP contribution in [0.2, 0.25) is 18.1 Å². The highest BCUT2D eigenvalue weighted by Gasteiger charge is 2.71. The van der Waals surface area contributed by atoms with Gasteiger partial charge in [0.1, 0.15) is 23.2 Å². The Labute approximate surface area is 296 Å². The van der Waals surface area contributed by atoms with Crippen LogP contribution in [0.15, 0.2) is 54.3 Å². The number of benzene rings is 2. The minimum atomic E-state index is -2.26. The minimum absolute atomic E-state index is 0.0413. The molecule has 10 nitrogen and oxygen atoms in total. The number of rotatable bonds is 8. The molecule has 1 spiro atoms. The summed E-state index contributed by atoms with van der Waals surface area (Å²) in [7, 11) is -2.26. The Hall–Kier alpha value is -3.83. The van der Waals surface area contributed by atoms with Crippen LogP contribution in [-0.2, 0) is 35.6 Å². The van der Waals surface area contributed by atoms with Gasteiger partial charge in [-0.05, 0) is 95.1 Å². The molecule has 0 unspecified atom stereocenters. The Balaban J connectivity index is 1.26. The number of aliphatic hydroxyl groups is 1. The highest BCUT2D eigenvalue weighted by atomic mass is 28.4. The maximum atomic E-state index is 13.7. The molecule has 0 aromatic heterocycles. The van der Waals surface area contributed by atoms with Crippen molar-refractivity contribution in [3.63, 3.8) is 0 Å². The Kier molecular flexibility index (Phi) is 8.95. The molecule has 1 saturated carbocycles. The Bertz CT molecular complexity index is 1710. The third-order valence-corrected chi connectivity index (χ3v) is 15.6. The van der Waals surface area contributed by atoms with E-state index in [4.69, 9.17) is 23.4 Å². The smallest absolute Gasteiger partial charge is 0.509 e. The second-order valence-electron chi connectivity index (χ2n) is 16.8. The van der Waals surface area contributed by atoms with Crippen LogP contribution in [0.3, 0.4) is 0 Å². The van der Waals surface area contributed by atoms with E-state index in [-0.39, 0.29) is 11.0 Å². The summed E-state index contributed by atoms with van der Waals surface area (Å²) < 4.78 is 30.5. The molecule has 1 fully saturated rings. The molecule has 11 heteroatoms. The zero-order valence-corrected chi connectivity index (χ0v) is 31.7. The van der Waals surface area contributed by atoms with Crippen molar-refractivity contribution in [1.82, 2.24) is 5.32 Å². The van der Waals surface area contributed by atoms with Crippen molar-refractivity contribution in [3.05, 3.63) is 71.0 Å². The first-order valence-electron chi connectivity index (χ1n) is 17.7. The molecule has 0 saturated heterocycles. The molecule has 2 aromatic rings. The summed E-state index contributed by atoms with van der Waals surface area (Å²) in [4.78, 5) is 39.8. The standard InChI is InChI=1S/C39H51NO9Si/c1-23(40-33(41)30(24-14-11-10-12-15-24)47-35(43)48-36(2,3)4)34(42)45-28-19-21-39(44)26-16-13-20-38(39)29-25(22-26)17-18-27(31(29)46-32(28)38)49-50(8,9)37(5,6)7/h10-12,14-15,17-19,23,26,30,32,44H,13,16,20-22H2,1-9H3,(H,40,41)/t23-,26+,30-,32-,38-,39+/m0/s1. The van der Waals surface area contributed by atoms with Gasteiger partial charge in [0.05, 0.1) is 11.0 Å². The largest absolute Gasteiger partial charge is 0.541 e. The summed E-state index contributed by atoms with van der Waals surface area (Å²) >= 11 is 0. The number of hydrogen-bond acceptors (Lipinski definition) is 9. The van der Waals surface area contributed by atoms with E-state index in [1.807, 2.05) is 6.07 Å². The van der Waals surface area contributed by atoms with Crippen LogP contribution >= 0.6 is 0 Å². The van der Waals surface area contributed by atoms with E-state index in [1.54, 1.807) is 57.2 Å². The van der Waals surface area contributed by atoms with E-state index in [2.05, 4.69) is 45.2 Å². The SMILES string of the molecule is C[C@H](NC(=O)[C@@H](OC(=O)OC(C)(C)C)c1ccccc1)C(=O)OC1=CC[C@@]2(O)[C@@H]3CCC[C@@]24c2c(ccc(O[Si](C)(C)C(C)(C)C)c2O[C@@H]14)C3. The molecule has 50 heavy (non-hydrogen) atoms. The third-order valence-electron chi connectivity index (χ3n) is 11.3. The lowest BCUT2D eigenvalue weighted by molar-refractivity contribution is -0.161. The first-order chi connectivity index (χ1) is 23.3. The molecule has 6 atom stereocenters. The van der Waals surface area contributed by atoms with Crippen molar-refractivity contribution < 1.29 is 42.9 Å². The van der Waals surface area contributed by atoms with Crippen molar-refractivity contribution in [2.45, 2.75) is 134 Å². The molecule has 1 amide bonds. The summed E-state index contributed by atoms with van der Waals surface area (Å²) in [5.41, 5.74) is -0.168. The molecule has 0 radical (unpaired) electrons. The van der Waals surface area contributed by atoms with Crippen molar-refractivity contribution in [2.24, 2.45) is 5.92 Å². The van der Waals surface area contributed by atoms with E-state index in [0.717, 1.165) is 30.4 Å². The maximum absolute atomic E-state index is 13.7. The summed E-state index contributed by atoms with van der Waals surface area (Å²) in [6, 6.07) is 11.5. The number of nitrogens with one attached hydrogen (secondary N) is 1. The molecular weight excluding hydrogens is 655 g/mol. The fraction of sp³-hybridized carbons (Fsp3) is 0.564. The first kappa shape index (κ1) is 36.0. The van der Waals surface area contributed by atoms with Gasteiger partial charge in [-0.3, -0.25) is 4.79 Å². The van der Waals surface area contributed by atoms with E-state index in [1.165, 1.54) is 6.92 Å². The number of hydrogen-bond donors (Lipinski definition) is 2. The lowest BCUT2D eigenvalue weighted by atomic mass is 9.47. The van der Waals surface area contributed by atoms with Gasteiger partial charge in [0.15, 0.2) is 11.9 Å². The fourth-order valence-corrected chi connectivity index (χ4v) is 8.87. The average molecular weight is 706 g/mol. The van der Waals surface area contributed by atoms with E-state index < -0.39 is 61.2 Å². The van der Waals surface area contributed by atoms with Crippen molar-refractivity contribution in [2.75, 3.05) is 0 Å². The van der Waals surface area contributed by atoms with Crippen molar-refractivity contribution in [1.29, 1.82) is 0 Å². The topological polar surface area (TPSA) is 130 Å². The van der Waals surface area contributed by atoms with Crippen LogP contribution in [0.5, 0.6) is 11.5 Å². The summed E-state index contributed by atoms with van der Waals surface area (Å²) in [5, 5.41) is 15.2. The van der Waals surface area contributed by atoms with Gasteiger partial charge in [-0.1, -0.05) is 63.6 Å². The lowest BCUT2D eigenvalue weighted by Gasteiger charge is -2.59. The number of carbonyl (C=O) groups excluding carboxylic acids is 3. The third kappa shape index (κ3) is 6.10. The molecule has 2 N–H and O–H groups in total. The van der Waals surface area contributed by atoms with Crippen molar-refractivity contribution in [3.8, 4) is 11.5 Å². The van der Waals surface area contributed by atoms with Crippen LogP contribution in [0.25, 0.3) is 0 Å². The number of esters is 1. The molecule has 6 rings (SSSR count). The normalized spacial score (nSPS) is 26.3. The second-order valence-corrected chi connectivity index (χ2v) is 21.5. The van der Waals surface area contributed by atoms with Crippen LogP contribution in [0, 0.1) is 5.92 Å². The molecule has 4 aliphatic rings. The average Bonchev–Trinajstić information content (AvgIpc) is 3.36. The van der Waals surface area contributed by atoms with E-state index in [0.29, 0.717) is 35.7 Å². The molecule has 1 aliphatic heterocycles. The lowest BCUT2D eigenvalue weighted by Crippen LogP contribution is -2.67. The summed E-state index contributed by atoms with van der Waals surface area (Å²) in [6.07, 6.45) is 2.20. The van der Waals surface area contributed by atoms with Gasteiger partial charge in [-0.2, -0.15) is 0 Å². The molecule has 1 heterocycles. The summed E-state index contributed by atoms with van der Waals surface area (Å²) in [6.45, 7) is 17.5. The monoisotopic (exact) mass is 705 g/mol. The Morgan fingerprint density at radius 1 is 1.04 bits per heavy atom. The van der Waals surface area contributed by atoms with E-state index in [9.17, 15) is 19.5 Å². The maximum Gasteiger partial charge on any atom is 0.509 e. The van der Waals surface area contributed by atoms with Crippen LogP contribution < -0.4 is 14.5 Å². The molecule has 270 valence electrons. The second kappa shape index (κ2) is 12.4. The van der Waals surface area contributed by atoms with E-state index >= 15 is 0 Å². The van der Waals surface area contributed by atoms with Crippen LogP contribution in [0.4, 0.5) is 4.79 Å². The van der Waals surface area contributed by atoms with Gasteiger partial charge in [0.2, 0.25) is 6.10 Å². The zero-order chi connectivity index (χ0) is 36.4. The fourth-order valence-electron chi connectivity index (χ4n) is 7.85. The molecular formula is C39H51NO9Si. The van der Waals surface area contributed by atoms with Crippen LogP contribution in [-0.4, -0.2) is 54.8 Å². The van der Waals surface area contributed by atoms with Gasteiger partial charge >= 0.3 is 12.1 Å².